The Hall–Kier alpha value is -0.570. The van der Waals surface area contributed by atoms with Crippen LogP contribution in [-0.2, 0) is 6.42 Å². The lowest BCUT2D eigenvalue weighted by Gasteiger charge is -2.22. The Labute approximate surface area is 109 Å². The van der Waals surface area contributed by atoms with Gasteiger partial charge in [0.15, 0.2) is 0 Å². The van der Waals surface area contributed by atoms with Crippen LogP contribution in [0.2, 0.25) is 5.28 Å². The van der Waals surface area contributed by atoms with Gasteiger partial charge in [0, 0.05) is 12.5 Å². The van der Waals surface area contributed by atoms with E-state index in [2.05, 4.69) is 35.5 Å². The summed E-state index contributed by atoms with van der Waals surface area (Å²) >= 11 is 6.21. The molecule has 0 bridgehead atoms. The third kappa shape index (κ3) is 2.35. The first-order chi connectivity index (χ1) is 8.19. The highest BCUT2D eigenvalue weighted by molar-refractivity contribution is 6.28. The summed E-state index contributed by atoms with van der Waals surface area (Å²) in [5.74, 6) is 2.57. The van der Waals surface area contributed by atoms with Gasteiger partial charge in [-0.25, -0.2) is 0 Å². The van der Waals surface area contributed by atoms with E-state index in [0.29, 0.717) is 17.2 Å². The summed E-state index contributed by atoms with van der Waals surface area (Å²) in [5.41, 5.74) is 0. The van der Waals surface area contributed by atoms with Crippen LogP contribution in [0.3, 0.4) is 0 Å². The highest BCUT2D eigenvalue weighted by Crippen LogP contribution is 2.43. The standard InChI is InChI=1S/C13H22ClN3/c1-4-6-12-15-16-13(14)17(12)11-8-7-10(5-2)9(11)3/h9-11H,4-8H2,1-3H3. The van der Waals surface area contributed by atoms with Gasteiger partial charge in [-0.1, -0.05) is 27.2 Å². The van der Waals surface area contributed by atoms with Crippen LogP contribution in [0.15, 0.2) is 0 Å². The summed E-state index contributed by atoms with van der Waals surface area (Å²) < 4.78 is 2.19. The lowest BCUT2D eigenvalue weighted by atomic mass is 9.93. The number of aryl methyl sites for hydroxylation is 1. The normalized spacial score (nSPS) is 28.8. The molecule has 0 N–H and O–H groups in total. The second-order valence-corrected chi connectivity index (χ2v) is 5.52. The molecule has 3 unspecified atom stereocenters. The molecule has 96 valence electrons. The SMILES string of the molecule is CCCc1nnc(Cl)n1C1CCC(CC)C1C. The van der Waals surface area contributed by atoms with Crippen molar-refractivity contribution in [2.45, 2.75) is 58.9 Å². The minimum Gasteiger partial charge on any atom is -0.298 e. The summed E-state index contributed by atoms with van der Waals surface area (Å²) in [6.07, 6.45) is 5.85. The minimum atomic E-state index is 0.504. The van der Waals surface area contributed by atoms with Gasteiger partial charge >= 0.3 is 0 Å². The van der Waals surface area contributed by atoms with Gasteiger partial charge in [-0.05, 0) is 42.7 Å². The molecule has 0 aliphatic heterocycles. The number of halogens is 1. The summed E-state index contributed by atoms with van der Waals surface area (Å²) in [6, 6.07) is 0.504. The number of nitrogens with zero attached hydrogens (tertiary/aromatic N) is 3. The van der Waals surface area contributed by atoms with Crippen LogP contribution >= 0.6 is 11.6 Å². The van der Waals surface area contributed by atoms with E-state index >= 15 is 0 Å². The Balaban J connectivity index is 2.25. The van der Waals surface area contributed by atoms with Gasteiger partial charge < -0.3 is 0 Å². The molecule has 3 atom stereocenters. The predicted molar refractivity (Wildman–Crippen MR) is 70.2 cm³/mol. The average Bonchev–Trinajstić information content (AvgIpc) is 2.84. The Morgan fingerprint density at radius 2 is 2.06 bits per heavy atom. The first-order valence-corrected chi connectivity index (χ1v) is 7.16. The molecule has 0 radical (unpaired) electrons. The molecule has 2 rings (SSSR count). The molecule has 0 aromatic carbocycles. The van der Waals surface area contributed by atoms with E-state index in [9.17, 15) is 0 Å². The third-order valence-corrected chi connectivity index (χ3v) is 4.50. The van der Waals surface area contributed by atoms with E-state index in [-0.39, 0.29) is 0 Å². The molecule has 1 fully saturated rings. The van der Waals surface area contributed by atoms with E-state index in [1.54, 1.807) is 0 Å². The highest BCUT2D eigenvalue weighted by Gasteiger charge is 2.34. The zero-order valence-corrected chi connectivity index (χ0v) is 11.7. The van der Waals surface area contributed by atoms with Crippen molar-refractivity contribution in [2.24, 2.45) is 11.8 Å². The molecule has 1 aromatic rings. The maximum Gasteiger partial charge on any atom is 0.225 e. The Bertz CT molecular complexity index is 375. The summed E-state index contributed by atoms with van der Waals surface area (Å²) in [5, 5.41) is 8.83. The molecule has 1 aliphatic carbocycles. The summed E-state index contributed by atoms with van der Waals surface area (Å²) in [6.45, 7) is 6.79. The van der Waals surface area contributed by atoms with Gasteiger partial charge in [0.25, 0.3) is 0 Å². The van der Waals surface area contributed by atoms with E-state index in [4.69, 9.17) is 11.6 Å². The van der Waals surface area contributed by atoms with Crippen molar-refractivity contribution < 1.29 is 0 Å². The molecule has 1 heterocycles. The first kappa shape index (κ1) is 12.9. The lowest BCUT2D eigenvalue weighted by Crippen LogP contribution is -2.18. The average molecular weight is 256 g/mol. The van der Waals surface area contributed by atoms with Crippen molar-refractivity contribution in [3.63, 3.8) is 0 Å². The highest BCUT2D eigenvalue weighted by atomic mass is 35.5. The molecule has 4 heteroatoms. The Morgan fingerprint density at radius 3 is 2.65 bits per heavy atom. The van der Waals surface area contributed by atoms with Gasteiger partial charge in [0.2, 0.25) is 5.28 Å². The lowest BCUT2D eigenvalue weighted by molar-refractivity contribution is 0.324. The topological polar surface area (TPSA) is 30.7 Å². The molecule has 0 spiro atoms. The van der Waals surface area contributed by atoms with Crippen LogP contribution in [0, 0.1) is 11.8 Å². The quantitative estimate of drug-likeness (QED) is 0.818. The molecule has 17 heavy (non-hydrogen) atoms. The summed E-state index contributed by atoms with van der Waals surface area (Å²) in [4.78, 5) is 0. The first-order valence-electron chi connectivity index (χ1n) is 6.78. The van der Waals surface area contributed by atoms with Crippen molar-refractivity contribution in [1.29, 1.82) is 0 Å². The maximum atomic E-state index is 6.21. The predicted octanol–water partition coefficient (Wildman–Crippen LogP) is 3.88. The van der Waals surface area contributed by atoms with Crippen LogP contribution < -0.4 is 0 Å². The number of hydrogen-bond donors (Lipinski definition) is 0. The van der Waals surface area contributed by atoms with E-state index in [0.717, 1.165) is 24.6 Å². The van der Waals surface area contributed by atoms with Gasteiger partial charge in [0.05, 0.1) is 0 Å². The van der Waals surface area contributed by atoms with Crippen molar-refractivity contribution in [3.8, 4) is 0 Å². The second-order valence-electron chi connectivity index (χ2n) is 5.18. The molecular weight excluding hydrogens is 234 g/mol. The molecule has 1 saturated carbocycles. The molecule has 1 aliphatic rings. The maximum absolute atomic E-state index is 6.21. The zero-order chi connectivity index (χ0) is 12.4. The molecule has 1 aromatic heterocycles. The fourth-order valence-corrected chi connectivity index (χ4v) is 3.45. The number of hydrogen-bond acceptors (Lipinski definition) is 2. The van der Waals surface area contributed by atoms with E-state index in [1.807, 2.05) is 0 Å². The Morgan fingerprint density at radius 1 is 1.29 bits per heavy atom. The largest absolute Gasteiger partial charge is 0.298 e. The summed E-state index contributed by atoms with van der Waals surface area (Å²) in [7, 11) is 0. The number of aromatic nitrogens is 3. The van der Waals surface area contributed by atoms with E-state index in [1.165, 1.54) is 19.3 Å². The van der Waals surface area contributed by atoms with Gasteiger partial charge in [-0.2, -0.15) is 0 Å². The van der Waals surface area contributed by atoms with Crippen LogP contribution in [0.1, 0.15) is 58.3 Å². The van der Waals surface area contributed by atoms with Crippen molar-refractivity contribution in [3.05, 3.63) is 11.1 Å². The van der Waals surface area contributed by atoms with Crippen molar-refractivity contribution in [2.75, 3.05) is 0 Å². The molecule has 0 saturated heterocycles. The number of rotatable bonds is 4. The zero-order valence-electron chi connectivity index (χ0n) is 11.0. The second kappa shape index (κ2) is 5.38. The van der Waals surface area contributed by atoms with Crippen LogP contribution in [0.25, 0.3) is 0 Å². The van der Waals surface area contributed by atoms with Crippen molar-refractivity contribution in [1.82, 2.24) is 14.8 Å². The fraction of sp³-hybridized carbons (Fsp3) is 0.846. The van der Waals surface area contributed by atoms with Crippen LogP contribution in [-0.4, -0.2) is 14.8 Å². The van der Waals surface area contributed by atoms with Crippen LogP contribution in [0.5, 0.6) is 0 Å². The van der Waals surface area contributed by atoms with E-state index < -0.39 is 0 Å². The fourth-order valence-electron chi connectivity index (χ4n) is 3.19. The van der Waals surface area contributed by atoms with Gasteiger partial charge in [-0.3, -0.25) is 4.57 Å². The smallest absolute Gasteiger partial charge is 0.225 e. The third-order valence-electron chi connectivity index (χ3n) is 4.24. The minimum absolute atomic E-state index is 0.504. The molecular formula is C13H22ClN3. The Kier molecular flexibility index (Phi) is 4.08. The van der Waals surface area contributed by atoms with Gasteiger partial charge in [0.1, 0.15) is 5.82 Å². The molecule has 3 nitrogen and oxygen atoms in total. The van der Waals surface area contributed by atoms with Crippen molar-refractivity contribution >= 4 is 11.6 Å². The monoisotopic (exact) mass is 255 g/mol. The van der Waals surface area contributed by atoms with Crippen LogP contribution in [0.4, 0.5) is 0 Å². The van der Waals surface area contributed by atoms with Gasteiger partial charge in [-0.15, -0.1) is 10.2 Å². The molecule has 0 amide bonds.